The van der Waals surface area contributed by atoms with Crippen LogP contribution in [0.15, 0.2) is 80.1 Å². The van der Waals surface area contributed by atoms with Crippen LogP contribution in [0.1, 0.15) is 61.0 Å². The predicted molar refractivity (Wildman–Crippen MR) is 163 cm³/mol. The van der Waals surface area contributed by atoms with Crippen LogP contribution < -0.4 is 19.6 Å². The summed E-state index contributed by atoms with van der Waals surface area (Å²) in [6, 6.07) is 15.4. The Morgan fingerprint density at radius 2 is 1.88 bits per heavy atom. The van der Waals surface area contributed by atoms with Gasteiger partial charge in [-0.25, -0.2) is 14.6 Å². The SMILES string of the molecule is CCOC(=O)C1=C(C)N=c2s/c(=C/c3ccc(-c4cccc(C(=O)OC(C)C)c4)o3)c(=O)n2[C@H]1c1ccc(C)c(OC)c1. The van der Waals surface area contributed by atoms with E-state index >= 15 is 0 Å². The molecule has 43 heavy (non-hydrogen) atoms. The number of rotatable bonds is 8. The van der Waals surface area contributed by atoms with Gasteiger partial charge in [0.15, 0.2) is 4.80 Å². The lowest BCUT2D eigenvalue weighted by molar-refractivity contribution is -0.139. The Bertz CT molecular complexity index is 1930. The minimum atomic E-state index is -0.757. The molecule has 10 heteroatoms. The van der Waals surface area contributed by atoms with Crippen LogP contribution in [0.25, 0.3) is 17.4 Å². The Kier molecular flexibility index (Phi) is 8.50. The summed E-state index contributed by atoms with van der Waals surface area (Å²) in [6.45, 7) is 9.18. The first-order valence-electron chi connectivity index (χ1n) is 13.9. The van der Waals surface area contributed by atoms with Gasteiger partial charge in [-0.1, -0.05) is 35.6 Å². The molecular weight excluding hydrogens is 568 g/mol. The molecule has 0 amide bonds. The number of hydrogen-bond donors (Lipinski definition) is 0. The van der Waals surface area contributed by atoms with Gasteiger partial charge in [-0.15, -0.1) is 0 Å². The fourth-order valence-electron chi connectivity index (χ4n) is 4.91. The van der Waals surface area contributed by atoms with Crippen molar-refractivity contribution in [1.82, 2.24) is 4.57 Å². The molecule has 0 fully saturated rings. The van der Waals surface area contributed by atoms with Crippen LogP contribution in [0, 0.1) is 6.92 Å². The molecule has 4 aromatic rings. The number of furan rings is 1. The quantitative estimate of drug-likeness (QED) is 0.264. The monoisotopic (exact) mass is 600 g/mol. The molecule has 2 aromatic carbocycles. The van der Waals surface area contributed by atoms with Gasteiger partial charge in [-0.2, -0.15) is 0 Å². The molecule has 222 valence electrons. The van der Waals surface area contributed by atoms with E-state index in [4.69, 9.17) is 18.6 Å². The molecule has 5 rings (SSSR count). The number of benzene rings is 2. The number of fused-ring (bicyclic) bond motifs is 1. The molecule has 0 N–H and O–H groups in total. The van der Waals surface area contributed by atoms with Gasteiger partial charge in [0, 0.05) is 11.6 Å². The first-order valence-corrected chi connectivity index (χ1v) is 14.7. The number of esters is 2. The summed E-state index contributed by atoms with van der Waals surface area (Å²) in [5.74, 6) is 0.677. The van der Waals surface area contributed by atoms with E-state index in [-0.39, 0.29) is 18.3 Å². The Hall–Kier alpha value is -4.70. The number of carbonyl (C=O) groups excluding carboxylic acids is 2. The van der Waals surface area contributed by atoms with Gasteiger partial charge in [0.2, 0.25) is 0 Å². The maximum atomic E-state index is 13.9. The number of aromatic nitrogens is 1. The van der Waals surface area contributed by atoms with Crippen molar-refractivity contribution in [2.24, 2.45) is 4.99 Å². The zero-order valence-corrected chi connectivity index (χ0v) is 25.6. The van der Waals surface area contributed by atoms with Crippen molar-refractivity contribution in [1.29, 1.82) is 0 Å². The van der Waals surface area contributed by atoms with Gasteiger partial charge in [-0.05, 0) is 76.1 Å². The molecule has 1 atom stereocenters. The summed E-state index contributed by atoms with van der Waals surface area (Å²) in [7, 11) is 1.58. The van der Waals surface area contributed by atoms with E-state index in [9.17, 15) is 14.4 Å². The van der Waals surface area contributed by atoms with Crippen molar-refractivity contribution in [3.05, 3.63) is 108 Å². The summed E-state index contributed by atoms with van der Waals surface area (Å²) < 4.78 is 24.2. The number of aryl methyl sites for hydroxylation is 1. The van der Waals surface area contributed by atoms with Crippen LogP contribution in [0.2, 0.25) is 0 Å². The Labute approximate surface area is 252 Å². The maximum absolute atomic E-state index is 13.9. The number of thiazole rings is 1. The minimum absolute atomic E-state index is 0.187. The average molecular weight is 601 g/mol. The van der Waals surface area contributed by atoms with Crippen LogP contribution in [-0.4, -0.2) is 36.3 Å². The minimum Gasteiger partial charge on any atom is -0.496 e. The van der Waals surface area contributed by atoms with Crippen molar-refractivity contribution in [2.45, 2.75) is 46.8 Å². The molecular formula is C33H32N2O7S. The molecule has 9 nitrogen and oxygen atoms in total. The zero-order valence-electron chi connectivity index (χ0n) is 24.8. The molecule has 0 aliphatic carbocycles. The molecule has 1 aliphatic heterocycles. The van der Waals surface area contributed by atoms with Gasteiger partial charge < -0.3 is 18.6 Å². The van der Waals surface area contributed by atoms with Gasteiger partial charge >= 0.3 is 11.9 Å². The van der Waals surface area contributed by atoms with Crippen molar-refractivity contribution in [3.63, 3.8) is 0 Å². The first-order chi connectivity index (χ1) is 20.6. The van der Waals surface area contributed by atoms with Crippen molar-refractivity contribution in [2.75, 3.05) is 13.7 Å². The van der Waals surface area contributed by atoms with Crippen LogP contribution in [-0.2, 0) is 14.3 Å². The second-order valence-electron chi connectivity index (χ2n) is 10.3. The third-order valence-electron chi connectivity index (χ3n) is 6.89. The van der Waals surface area contributed by atoms with E-state index in [2.05, 4.69) is 4.99 Å². The van der Waals surface area contributed by atoms with Crippen molar-refractivity contribution >= 4 is 29.4 Å². The number of nitrogens with zero attached hydrogens (tertiary/aromatic N) is 2. The van der Waals surface area contributed by atoms with E-state index in [1.807, 2.05) is 31.2 Å². The Balaban J connectivity index is 1.58. The van der Waals surface area contributed by atoms with Crippen LogP contribution in [0.4, 0.5) is 0 Å². The second-order valence-corrected chi connectivity index (χ2v) is 11.3. The zero-order chi connectivity index (χ0) is 30.8. The normalized spacial score (nSPS) is 14.9. The Morgan fingerprint density at radius 3 is 2.60 bits per heavy atom. The number of carbonyl (C=O) groups is 2. The van der Waals surface area contributed by atoms with Gasteiger partial charge in [-0.3, -0.25) is 9.36 Å². The van der Waals surface area contributed by atoms with Crippen LogP contribution in [0.3, 0.4) is 0 Å². The molecule has 0 spiro atoms. The number of allylic oxidation sites excluding steroid dienone is 1. The van der Waals surface area contributed by atoms with Crippen LogP contribution >= 0.6 is 11.3 Å². The average Bonchev–Trinajstić information content (AvgIpc) is 3.56. The van der Waals surface area contributed by atoms with E-state index in [1.165, 1.54) is 15.9 Å². The summed E-state index contributed by atoms with van der Waals surface area (Å²) in [4.78, 5) is 44.5. The largest absolute Gasteiger partial charge is 0.496 e. The van der Waals surface area contributed by atoms with E-state index in [0.717, 1.165) is 5.56 Å². The summed E-state index contributed by atoms with van der Waals surface area (Å²) in [5, 5.41) is 0. The first kappa shape index (κ1) is 29.8. The maximum Gasteiger partial charge on any atom is 0.338 e. The van der Waals surface area contributed by atoms with Gasteiger partial charge in [0.05, 0.1) is 47.2 Å². The summed E-state index contributed by atoms with van der Waals surface area (Å²) >= 11 is 1.21. The fraction of sp³-hybridized carbons (Fsp3) is 0.273. The topological polar surface area (TPSA) is 109 Å². The smallest absolute Gasteiger partial charge is 0.338 e. The number of methoxy groups -OCH3 is 1. The highest BCUT2D eigenvalue weighted by Crippen LogP contribution is 2.33. The highest BCUT2D eigenvalue weighted by atomic mass is 32.1. The summed E-state index contributed by atoms with van der Waals surface area (Å²) in [6.07, 6.45) is 1.42. The summed E-state index contributed by atoms with van der Waals surface area (Å²) in [5.41, 5.74) is 3.19. The lowest BCUT2D eigenvalue weighted by Crippen LogP contribution is -2.40. The van der Waals surface area contributed by atoms with Crippen molar-refractivity contribution < 1.29 is 28.2 Å². The van der Waals surface area contributed by atoms with E-state index in [1.54, 1.807) is 71.2 Å². The highest BCUT2D eigenvalue weighted by molar-refractivity contribution is 7.07. The lowest BCUT2D eigenvalue weighted by Gasteiger charge is -2.25. The molecule has 0 unspecified atom stereocenters. The molecule has 0 radical (unpaired) electrons. The molecule has 2 aromatic heterocycles. The van der Waals surface area contributed by atoms with Crippen LogP contribution in [0.5, 0.6) is 5.75 Å². The predicted octanol–water partition coefficient (Wildman–Crippen LogP) is 4.94. The third-order valence-corrected chi connectivity index (χ3v) is 7.87. The molecule has 1 aliphatic rings. The number of ether oxygens (including phenoxy) is 3. The Morgan fingerprint density at radius 1 is 1.09 bits per heavy atom. The fourth-order valence-corrected chi connectivity index (χ4v) is 5.94. The second kappa shape index (κ2) is 12.3. The lowest BCUT2D eigenvalue weighted by atomic mass is 9.95. The molecule has 0 bridgehead atoms. The third kappa shape index (κ3) is 5.96. The van der Waals surface area contributed by atoms with Gasteiger partial charge in [0.25, 0.3) is 5.56 Å². The molecule has 3 heterocycles. The molecule has 0 saturated carbocycles. The van der Waals surface area contributed by atoms with Gasteiger partial charge in [0.1, 0.15) is 17.3 Å². The van der Waals surface area contributed by atoms with E-state index in [0.29, 0.717) is 54.6 Å². The number of hydrogen-bond acceptors (Lipinski definition) is 9. The highest BCUT2D eigenvalue weighted by Gasteiger charge is 2.33. The molecule has 0 saturated heterocycles. The standard InChI is InChI=1S/C33H32N2O7S/c1-7-40-32(38)28-20(5)34-33-35(29(28)22-12-11-19(4)26(16-22)39-6)30(36)27(43-33)17-24-13-14-25(42-24)21-9-8-10-23(15-21)31(37)41-18(2)3/h8-18,29H,7H2,1-6H3/b27-17+/t29-/m0/s1. The van der Waals surface area contributed by atoms with E-state index < -0.39 is 18.0 Å². The van der Waals surface area contributed by atoms with Crippen molar-refractivity contribution in [3.8, 4) is 17.1 Å².